The lowest BCUT2D eigenvalue weighted by atomic mass is 10.1. The third kappa shape index (κ3) is 2.20. The van der Waals surface area contributed by atoms with Gasteiger partial charge >= 0.3 is 7.57 Å². The first-order valence-electron chi connectivity index (χ1n) is 5.36. The molecule has 2 atom stereocenters. The Balaban J connectivity index is 2.05. The van der Waals surface area contributed by atoms with Crippen molar-refractivity contribution >= 4 is 14.7 Å². The van der Waals surface area contributed by atoms with E-state index in [1.165, 1.54) is 31.0 Å². The van der Waals surface area contributed by atoms with Crippen LogP contribution < -0.4 is 0 Å². The quantitative estimate of drug-likeness (QED) is 0.511. The van der Waals surface area contributed by atoms with Crippen LogP contribution in [0.5, 0.6) is 0 Å². The van der Waals surface area contributed by atoms with Gasteiger partial charge in [-0.25, -0.2) is 0 Å². The molecule has 1 unspecified atom stereocenters. The highest BCUT2D eigenvalue weighted by atomic mass is 31.2. The SMILES string of the molecule is [B][P+]1(C)CCC[C@H]1Cc1ccccc1. The van der Waals surface area contributed by atoms with Gasteiger partial charge in [-0.3, -0.25) is 0 Å². The normalized spacial score (nSPS) is 31.9. The number of rotatable bonds is 2. The van der Waals surface area contributed by atoms with E-state index in [2.05, 4.69) is 37.0 Å². The summed E-state index contributed by atoms with van der Waals surface area (Å²) in [5, 5.41) is 0. The maximum absolute atomic E-state index is 6.38. The van der Waals surface area contributed by atoms with Gasteiger partial charge in [-0.05, 0) is 25.5 Å². The summed E-state index contributed by atoms with van der Waals surface area (Å²) < 4.78 is 0. The lowest BCUT2D eigenvalue weighted by Crippen LogP contribution is -2.11. The largest absolute Gasteiger partial charge is 0.365 e. The van der Waals surface area contributed by atoms with Crippen molar-refractivity contribution < 1.29 is 0 Å². The monoisotopic (exact) mass is 203 g/mol. The van der Waals surface area contributed by atoms with Gasteiger partial charge in [0.1, 0.15) is 0 Å². The topological polar surface area (TPSA) is 0 Å². The van der Waals surface area contributed by atoms with Gasteiger partial charge in [-0.2, -0.15) is 0 Å². The molecular formula is C12H17BP+. The molecule has 1 saturated heterocycles. The minimum absolute atomic E-state index is 0.782. The maximum Gasteiger partial charge on any atom is 0.365 e. The summed E-state index contributed by atoms with van der Waals surface area (Å²) in [6.45, 7) is 2.31. The minimum Gasteiger partial charge on any atom is -0.0622 e. The molecule has 1 aliphatic rings. The van der Waals surface area contributed by atoms with Gasteiger partial charge in [0.15, 0.2) is 0 Å². The first kappa shape index (κ1) is 10.2. The van der Waals surface area contributed by atoms with E-state index in [0.717, 1.165) is 5.66 Å². The zero-order valence-electron chi connectivity index (χ0n) is 8.82. The molecule has 0 saturated carbocycles. The molecule has 0 amide bonds. The van der Waals surface area contributed by atoms with Crippen LogP contribution in [-0.4, -0.2) is 26.1 Å². The zero-order chi connectivity index (χ0) is 10.0. The molecule has 72 valence electrons. The molecule has 1 fully saturated rings. The predicted molar refractivity (Wildman–Crippen MR) is 66.6 cm³/mol. The zero-order valence-corrected chi connectivity index (χ0v) is 9.71. The Morgan fingerprint density at radius 1 is 1.36 bits per heavy atom. The summed E-state index contributed by atoms with van der Waals surface area (Å²) >= 11 is 0. The van der Waals surface area contributed by atoms with Gasteiger partial charge in [0.05, 0.1) is 5.66 Å². The molecular weight excluding hydrogens is 186 g/mol. The standard InChI is InChI=1S/C12H17BP/c1-14(13)9-5-8-12(14)10-11-6-3-2-4-7-11/h2-4,6-7,12H,5,8-10H2,1H3/q+1/t12-,14?/m0/s1. The third-order valence-corrected chi connectivity index (χ3v) is 6.71. The Bertz CT molecular complexity index is 294. The molecule has 2 rings (SSSR count). The van der Waals surface area contributed by atoms with E-state index in [9.17, 15) is 0 Å². The van der Waals surface area contributed by atoms with E-state index in [4.69, 9.17) is 7.57 Å². The van der Waals surface area contributed by atoms with E-state index in [1.807, 2.05) is 0 Å². The average molecular weight is 203 g/mol. The number of benzene rings is 1. The molecule has 2 radical (unpaired) electrons. The molecule has 0 bridgehead atoms. The van der Waals surface area contributed by atoms with Crippen molar-refractivity contribution in [2.24, 2.45) is 0 Å². The van der Waals surface area contributed by atoms with Crippen LogP contribution in [0.2, 0.25) is 0 Å². The summed E-state index contributed by atoms with van der Waals surface area (Å²) in [6.07, 6.45) is 5.18. The predicted octanol–water partition coefficient (Wildman–Crippen LogP) is 3.12. The minimum atomic E-state index is -1.07. The van der Waals surface area contributed by atoms with Gasteiger partial charge in [-0.15, -0.1) is 0 Å². The lowest BCUT2D eigenvalue weighted by Gasteiger charge is -2.20. The fraction of sp³-hybridized carbons (Fsp3) is 0.500. The van der Waals surface area contributed by atoms with Crippen LogP contribution in [0.25, 0.3) is 0 Å². The smallest absolute Gasteiger partial charge is 0.0622 e. The lowest BCUT2D eigenvalue weighted by molar-refractivity contribution is 0.773. The first-order valence-corrected chi connectivity index (χ1v) is 7.92. The fourth-order valence-electron chi connectivity index (χ4n) is 2.34. The molecule has 14 heavy (non-hydrogen) atoms. The summed E-state index contributed by atoms with van der Waals surface area (Å²) in [6, 6.07) is 10.8. The third-order valence-electron chi connectivity index (χ3n) is 3.33. The molecule has 0 aliphatic carbocycles. The molecule has 0 spiro atoms. The molecule has 1 aromatic carbocycles. The van der Waals surface area contributed by atoms with Crippen molar-refractivity contribution in [2.75, 3.05) is 12.8 Å². The Kier molecular flexibility index (Phi) is 2.97. The van der Waals surface area contributed by atoms with Crippen molar-refractivity contribution in [1.82, 2.24) is 0 Å². The average Bonchev–Trinajstić information content (AvgIpc) is 2.48. The van der Waals surface area contributed by atoms with Crippen molar-refractivity contribution in [2.45, 2.75) is 24.9 Å². The van der Waals surface area contributed by atoms with Gasteiger partial charge in [-0.1, -0.05) is 30.3 Å². The molecule has 0 aromatic heterocycles. The molecule has 0 N–H and O–H groups in total. The van der Waals surface area contributed by atoms with Gasteiger partial charge in [0.25, 0.3) is 0 Å². The summed E-state index contributed by atoms with van der Waals surface area (Å²) in [5.74, 6) is 0. The van der Waals surface area contributed by atoms with Crippen molar-refractivity contribution in [3.8, 4) is 0 Å². The van der Waals surface area contributed by atoms with Crippen LogP contribution in [0.1, 0.15) is 18.4 Å². The maximum atomic E-state index is 6.38. The highest BCUT2D eigenvalue weighted by Crippen LogP contribution is 2.62. The number of hydrogen-bond acceptors (Lipinski definition) is 0. The van der Waals surface area contributed by atoms with Gasteiger partial charge in [0, 0.05) is 19.2 Å². The fourth-order valence-corrected chi connectivity index (χ4v) is 4.97. The second-order valence-corrected chi connectivity index (χ2v) is 8.43. The molecule has 1 aromatic rings. The van der Waals surface area contributed by atoms with Gasteiger partial charge in [0.2, 0.25) is 0 Å². The first-order chi connectivity index (χ1) is 6.68. The van der Waals surface area contributed by atoms with Crippen LogP contribution in [0, 0.1) is 0 Å². The summed E-state index contributed by atoms with van der Waals surface area (Å²) in [5.41, 5.74) is 2.24. The summed E-state index contributed by atoms with van der Waals surface area (Å²) in [4.78, 5) is 0. The molecule has 2 heteroatoms. The number of hydrogen-bond donors (Lipinski definition) is 0. The second-order valence-electron chi connectivity index (χ2n) is 4.56. The summed E-state index contributed by atoms with van der Waals surface area (Å²) in [7, 11) is 5.31. The van der Waals surface area contributed by atoms with Crippen LogP contribution in [0.15, 0.2) is 30.3 Å². The Morgan fingerprint density at radius 2 is 2.07 bits per heavy atom. The van der Waals surface area contributed by atoms with Crippen molar-refractivity contribution in [1.29, 1.82) is 0 Å². The van der Waals surface area contributed by atoms with Crippen LogP contribution in [0.4, 0.5) is 0 Å². The highest BCUT2D eigenvalue weighted by molar-refractivity contribution is 7.97. The van der Waals surface area contributed by atoms with Crippen LogP contribution in [-0.2, 0) is 6.42 Å². The van der Waals surface area contributed by atoms with E-state index in [1.54, 1.807) is 0 Å². The van der Waals surface area contributed by atoms with E-state index in [-0.39, 0.29) is 0 Å². The van der Waals surface area contributed by atoms with E-state index < -0.39 is 7.14 Å². The second kappa shape index (κ2) is 4.07. The Labute approximate surface area is 88.8 Å². The molecule has 1 aliphatic heterocycles. The van der Waals surface area contributed by atoms with Crippen molar-refractivity contribution in [3.05, 3.63) is 35.9 Å². The van der Waals surface area contributed by atoms with E-state index >= 15 is 0 Å². The van der Waals surface area contributed by atoms with Crippen LogP contribution in [0.3, 0.4) is 0 Å². The Hall–Kier alpha value is -0.285. The van der Waals surface area contributed by atoms with Gasteiger partial charge < -0.3 is 0 Å². The Morgan fingerprint density at radius 3 is 2.64 bits per heavy atom. The van der Waals surface area contributed by atoms with Crippen molar-refractivity contribution in [3.63, 3.8) is 0 Å². The molecule has 1 heterocycles. The highest BCUT2D eigenvalue weighted by Gasteiger charge is 2.40. The van der Waals surface area contributed by atoms with Crippen LogP contribution >= 0.6 is 7.14 Å². The molecule has 0 nitrogen and oxygen atoms in total. The van der Waals surface area contributed by atoms with E-state index in [0.29, 0.717) is 0 Å².